The third-order valence-electron chi connectivity index (χ3n) is 2.01. The first-order valence-electron chi connectivity index (χ1n) is 5.05. The van der Waals surface area contributed by atoms with Crippen LogP contribution in [0.25, 0.3) is 0 Å². The Balaban J connectivity index is 2.47. The van der Waals surface area contributed by atoms with Gasteiger partial charge in [0.1, 0.15) is 0 Å². The van der Waals surface area contributed by atoms with Crippen molar-refractivity contribution in [3.8, 4) is 0 Å². The number of thiol groups is 1. The van der Waals surface area contributed by atoms with Crippen LogP contribution >= 0.6 is 12.6 Å². The average Bonchev–Trinajstić information content (AvgIpc) is 2.17. The lowest BCUT2D eigenvalue weighted by atomic mass is 10.1. The van der Waals surface area contributed by atoms with E-state index in [1.54, 1.807) is 18.2 Å². The van der Waals surface area contributed by atoms with Crippen molar-refractivity contribution in [1.29, 1.82) is 0 Å². The van der Waals surface area contributed by atoms with Gasteiger partial charge in [-0.2, -0.15) is 0 Å². The maximum absolute atomic E-state index is 11.5. The molecular weight excluding hydrogens is 208 g/mol. The number of hydrogen-bond acceptors (Lipinski definition) is 3. The minimum Gasteiger partial charge on any atom is -0.462 e. The summed E-state index contributed by atoms with van der Waals surface area (Å²) in [5, 5.41) is 0. The number of benzene rings is 1. The Morgan fingerprint density at radius 2 is 2.20 bits per heavy atom. The molecule has 0 aromatic heterocycles. The average molecular weight is 224 g/mol. The molecule has 1 rings (SSSR count). The lowest BCUT2D eigenvalue weighted by Gasteiger charge is -2.06. The van der Waals surface area contributed by atoms with Crippen LogP contribution in [0.4, 0.5) is 0 Å². The topological polar surface area (TPSA) is 26.3 Å². The number of esters is 1. The van der Waals surface area contributed by atoms with Gasteiger partial charge in [-0.15, -0.1) is 12.6 Å². The van der Waals surface area contributed by atoms with E-state index < -0.39 is 0 Å². The van der Waals surface area contributed by atoms with Crippen LogP contribution in [0, 0.1) is 5.92 Å². The predicted octanol–water partition coefficient (Wildman–Crippen LogP) is 3.18. The highest BCUT2D eigenvalue weighted by Crippen LogP contribution is 2.10. The van der Waals surface area contributed by atoms with Crippen molar-refractivity contribution in [2.24, 2.45) is 5.92 Å². The molecule has 0 N–H and O–H groups in total. The van der Waals surface area contributed by atoms with E-state index in [2.05, 4.69) is 26.5 Å². The Bertz CT molecular complexity index is 334. The molecule has 0 saturated heterocycles. The van der Waals surface area contributed by atoms with Gasteiger partial charge in [-0.25, -0.2) is 4.79 Å². The molecular formula is C12H16O2S. The van der Waals surface area contributed by atoms with Gasteiger partial charge < -0.3 is 4.74 Å². The van der Waals surface area contributed by atoms with E-state index in [-0.39, 0.29) is 5.97 Å². The summed E-state index contributed by atoms with van der Waals surface area (Å²) >= 11 is 4.16. The van der Waals surface area contributed by atoms with Crippen LogP contribution in [0.2, 0.25) is 0 Å². The zero-order valence-electron chi connectivity index (χ0n) is 9.06. The minimum absolute atomic E-state index is 0.272. The Morgan fingerprint density at radius 3 is 2.80 bits per heavy atom. The van der Waals surface area contributed by atoms with E-state index in [4.69, 9.17) is 4.74 Å². The molecule has 0 bridgehead atoms. The van der Waals surface area contributed by atoms with E-state index in [1.807, 2.05) is 6.07 Å². The van der Waals surface area contributed by atoms with Gasteiger partial charge >= 0.3 is 5.97 Å². The molecule has 2 nitrogen and oxygen atoms in total. The summed E-state index contributed by atoms with van der Waals surface area (Å²) < 4.78 is 5.12. The van der Waals surface area contributed by atoms with E-state index in [0.29, 0.717) is 18.1 Å². The van der Waals surface area contributed by atoms with Crippen molar-refractivity contribution in [3.63, 3.8) is 0 Å². The number of hydrogen-bond donors (Lipinski definition) is 1. The summed E-state index contributed by atoms with van der Waals surface area (Å²) in [7, 11) is 0. The molecule has 3 heteroatoms. The second-order valence-electron chi connectivity index (χ2n) is 3.87. The highest BCUT2D eigenvalue weighted by molar-refractivity contribution is 7.80. The van der Waals surface area contributed by atoms with Crippen molar-refractivity contribution in [3.05, 3.63) is 29.8 Å². The van der Waals surface area contributed by atoms with Crippen LogP contribution in [0.3, 0.4) is 0 Å². The molecule has 82 valence electrons. The maximum Gasteiger partial charge on any atom is 0.338 e. The first-order chi connectivity index (χ1) is 7.09. The number of carbonyl (C=O) groups excluding carboxylic acids is 1. The van der Waals surface area contributed by atoms with Crippen molar-refractivity contribution in [1.82, 2.24) is 0 Å². The second-order valence-corrected chi connectivity index (χ2v) is 4.39. The van der Waals surface area contributed by atoms with E-state index >= 15 is 0 Å². The highest BCUT2D eigenvalue weighted by atomic mass is 32.1. The summed E-state index contributed by atoms with van der Waals surface area (Å²) in [5.41, 5.74) is 0.561. The molecule has 0 saturated carbocycles. The first-order valence-corrected chi connectivity index (χ1v) is 5.50. The van der Waals surface area contributed by atoms with Gasteiger partial charge in [0.2, 0.25) is 0 Å². The third-order valence-corrected chi connectivity index (χ3v) is 2.29. The van der Waals surface area contributed by atoms with Crippen LogP contribution < -0.4 is 0 Å². The van der Waals surface area contributed by atoms with Crippen LogP contribution in [0.1, 0.15) is 30.6 Å². The smallest absolute Gasteiger partial charge is 0.338 e. The monoisotopic (exact) mass is 224 g/mol. The van der Waals surface area contributed by atoms with Crippen LogP contribution in [-0.2, 0) is 4.74 Å². The molecule has 0 unspecified atom stereocenters. The maximum atomic E-state index is 11.5. The van der Waals surface area contributed by atoms with Gasteiger partial charge in [-0.3, -0.25) is 0 Å². The van der Waals surface area contributed by atoms with Crippen molar-refractivity contribution in [2.45, 2.75) is 25.2 Å². The second kappa shape index (κ2) is 5.81. The number of ether oxygens (including phenoxy) is 1. The fourth-order valence-electron chi connectivity index (χ4n) is 1.10. The fraction of sp³-hybridized carbons (Fsp3) is 0.417. The van der Waals surface area contributed by atoms with Gasteiger partial charge in [0.25, 0.3) is 0 Å². The Hall–Kier alpha value is -0.960. The first kappa shape index (κ1) is 12.1. The molecule has 1 aromatic rings. The Morgan fingerprint density at radius 1 is 1.47 bits per heavy atom. The van der Waals surface area contributed by atoms with Crippen LogP contribution in [0.5, 0.6) is 0 Å². The zero-order valence-corrected chi connectivity index (χ0v) is 9.96. The van der Waals surface area contributed by atoms with Gasteiger partial charge in [-0.05, 0) is 30.5 Å². The van der Waals surface area contributed by atoms with E-state index in [9.17, 15) is 4.79 Å². The van der Waals surface area contributed by atoms with Crippen molar-refractivity contribution >= 4 is 18.6 Å². The predicted molar refractivity (Wildman–Crippen MR) is 63.4 cm³/mol. The molecule has 1 aromatic carbocycles. The summed E-state index contributed by atoms with van der Waals surface area (Å²) in [6.07, 6.45) is 0.895. The molecule has 15 heavy (non-hydrogen) atoms. The zero-order chi connectivity index (χ0) is 11.3. The minimum atomic E-state index is -0.272. The molecule has 0 fully saturated rings. The third kappa shape index (κ3) is 4.38. The van der Waals surface area contributed by atoms with Crippen LogP contribution in [-0.4, -0.2) is 12.6 Å². The Kier molecular flexibility index (Phi) is 4.69. The molecule has 0 radical (unpaired) electrons. The number of rotatable bonds is 4. The normalized spacial score (nSPS) is 10.4. The summed E-state index contributed by atoms with van der Waals surface area (Å²) in [6.45, 7) is 4.68. The quantitative estimate of drug-likeness (QED) is 0.628. The standard InChI is InChI=1S/C12H16O2S/c1-9(2)6-7-14-12(13)10-4-3-5-11(15)8-10/h3-5,8-9,15H,6-7H2,1-2H3. The Labute approximate surface area is 96.1 Å². The SMILES string of the molecule is CC(C)CCOC(=O)c1cccc(S)c1. The molecule has 0 amide bonds. The molecule has 0 aliphatic rings. The van der Waals surface area contributed by atoms with Gasteiger partial charge in [0.15, 0.2) is 0 Å². The van der Waals surface area contributed by atoms with Gasteiger partial charge in [-0.1, -0.05) is 19.9 Å². The molecule has 0 spiro atoms. The van der Waals surface area contributed by atoms with Crippen molar-refractivity contribution in [2.75, 3.05) is 6.61 Å². The molecule has 0 aliphatic carbocycles. The lowest BCUT2D eigenvalue weighted by Crippen LogP contribution is -2.07. The summed E-state index contributed by atoms with van der Waals surface area (Å²) in [4.78, 5) is 12.3. The number of carbonyl (C=O) groups is 1. The fourth-order valence-corrected chi connectivity index (χ4v) is 1.33. The lowest BCUT2D eigenvalue weighted by molar-refractivity contribution is 0.0488. The van der Waals surface area contributed by atoms with Crippen LogP contribution in [0.15, 0.2) is 29.2 Å². The molecule has 0 heterocycles. The van der Waals surface area contributed by atoms with E-state index in [1.165, 1.54) is 0 Å². The van der Waals surface area contributed by atoms with Crippen molar-refractivity contribution < 1.29 is 9.53 Å². The van der Waals surface area contributed by atoms with Gasteiger partial charge in [0, 0.05) is 4.90 Å². The highest BCUT2D eigenvalue weighted by Gasteiger charge is 2.06. The molecule has 0 aliphatic heterocycles. The summed E-state index contributed by atoms with van der Waals surface area (Å²) in [6, 6.07) is 7.06. The summed E-state index contributed by atoms with van der Waals surface area (Å²) in [5.74, 6) is 0.278. The van der Waals surface area contributed by atoms with E-state index in [0.717, 1.165) is 11.3 Å². The molecule has 0 atom stereocenters. The van der Waals surface area contributed by atoms with Gasteiger partial charge in [0.05, 0.1) is 12.2 Å². The largest absolute Gasteiger partial charge is 0.462 e.